The number of hydrogen-bond donors (Lipinski definition) is 3. The van der Waals surface area contributed by atoms with Gasteiger partial charge in [-0.1, -0.05) is 48.5 Å². The fourth-order valence-electron chi connectivity index (χ4n) is 1.85. The molecule has 92 valence electrons. The van der Waals surface area contributed by atoms with Gasteiger partial charge in [-0.05, 0) is 11.6 Å². The molecule has 1 unspecified atom stereocenters. The highest BCUT2D eigenvalue weighted by molar-refractivity contribution is 5.84. The topological polar surface area (TPSA) is 77.8 Å². The monoisotopic (exact) mass is 244 g/mol. The third-order valence-electron chi connectivity index (χ3n) is 2.79. The highest BCUT2D eigenvalue weighted by Crippen LogP contribution is 2.35. The predicted molar refractivity (Wildman–Crippen MR) is 65.2 cm³/mol. The van der Waals surface area contributed by atoms with Crippen molar-refractivity contribution < 1.29 is 20.1 Å². The zero-order chi connectivity index (χ0) is 13.2. The predicted octanol–water partition coefficient (Wildman–Crippen LogP) is 1.71. The zero-order valence-corrected chi connectivity index (χ0v) is 9.45. The van der Waals surface area contributed by atoms with E-state index in [1.165, 1.54) is 24.3 Å². The smallest absolute Gasteiger partial charge is 0.345 e. The van der Waals surface area contributed by atoms with E-state index >= 15 is 0 Å². The summed E-state index contributed by atoms with van der Waals surface area (Å²) in [5.74, 6) is -1.69. The van der Waals surface area contributed by atoms with E-state index in [0.29, 0.717) is 0 Å². The number of aliphatic hydroxyl groups is 1. The van der Waals surface area contributed by atoms with E-state index in [0.717, 1.165) is 0 Å². The van der Waals surface area contributed by atoms with Crippen molar-refractivity contribution in [2.75, 3.05) is 0 Å². The third-order valence-corrected chi connectivity index (χ3v) is 2.79. The average molecular weight is 244 g/mol. The molecule has 4 nitrogen and oxygen atoms in total. The highest BCUT2D eigenvalue weighted by atomic mass is 16.4. The molecule has 0 fully saturated rings. The van der Waals surface area contributed by atoms with Crippen LogP contribution in [-0.2, 0) is 10.4 Å². The number of carboxylic acid groups (broad SMARTS) is 1. The molecule has 2 rings (SSSR count). The lowest BCUT2D eigenvalue weighted by Gasteiger charge is -2.25. The SMILES string of the molecule is O=C(O)C(O)(c1ccccc1)c1ccccc1O. The molecule has 2 aromatic carbocycles. The number of hydrogen-bond acceptors (Lipinski definition) is 3. The number of carboxylic acids is 1. The quantitative estimate of drug-likeness (QED) is 0.768. The van der Waals surface area contributed by atoms with Gasteiger partial charge in [-0.15, -0.1) is 0 Å². The van der Waals surface area contributed by atoms with E-state index in [9.17, 15) is 20.1 Å². The molecule has 0 spiro atoms. The average Bonchev–Trinajstić information content (AvgIpc) is 2.39. The molecule has 0 saturated heterocycles. The van der Waals surface area contributed by atoms with Crippen molar-refractivity contribution in [1.82, 2.24) is 0 Å². The Balaban J connectivity index is 2.67. The fourth-order valence-corrected chi connectivity index (χ4v) is 1.85. The molecule has 0 saturated carbocycles. The lowest BCUT2D eigenvalue weighted by molar-refractivity contribution is -0.155. The van der Waals surface area contributed by atoms with Crippen LogP contribution in [0.4, 0.5) is 0 Å². The summed E-state index contributed by atoms with van der Waals surface area (Å²) in [6, 6.07) is 13.8. The van der Waals surface area contributed by atoms with Gasteiger partial charge in [0.05, 0.1) is 0 Å². The van der Waals surface area contributed by atoms with Gasteiger partial charge in [-0.25, -0.2) is 4.79 Å². The second-order valence-electron chi connectivity index (χ2n) is 3.90. The lowest BCUT2D eigenvalue weighted by Crippen LogP contribution is -2.36. The van der Waals surface area contributed by atoms with Crippen LogP contribution in [0.5, 0.6) is 5.75 Å². The first-order valence-corrected chi connectivity index (χ1v) is 5.36. The van der Waals surface area contributed by atoms with Gasteiger partial charge < -0.3 is 15.3 Å². The number of phenolic OH excluding ortho intramolecular Hbond substituents is 1. The molecule has 0 aliphatic rings. The number of carbonyl (C=O) groups is 1. The number of aromatic hydroxyl groups is 1. The van der Waals surface area contributed by atoms with Crippen molar-refractivity contribution in [2.24, 2.45) is 0 Å². The van der Waals surface area contributed by atoms with E-state index in [1.807, 2.05) is 0 Å². The Morgan fingerprint density at radius 1 is 0.944 bits per heavy atom. The van der Waals surface area contributed by atoms with E-state index in [-0.39, 0.29) is 16.9 Å². The second-order valence-corrected chi connectivity index (χ2v) is 3.90. The molecule has 0 aliphatic heterocycles. The van der Waals surface area contributed by atoms with Crippen molar-refractivity contribution in [2.45, 2.75) is 5.60 Å². The molecule has 0 bridgehead atoms. The number of rotatable bonds is 3. The van der Waals surface area contributed by atoms with Crippen molar-refractivity contribution in [3.05, 3.63) is 65.7 Å². The first-order chi connectivity index (χ1) is 8.56. The van der Waals surface area contributed by atoms with Crippen LogP contribution in [0.25, 0.3) is 0 Å². The van der Waals surface area contributed by atoms with Gasteiger partial charge in [0.1, 0.15) is 5.75 Å². The Morgan fingerprint density at radius 3 is 2.06 bits per heavy atom. The lowest BCUT2D eigenvalue weighted by atomic mass is 9.86. The Bertz CT molecular complexity index is 565. The van der Waals surface area contributed by atoms with Crippen LogP contribution in [0.3, 0.4) is 0 Å². The van der Waals surface area contributed by atoms with Crippen LogP contribution in [0.1, 0.15) is 11.1 Å². The molecule has 0 heterocycles. The van der Waals surface area contributed by atoms with Crippen LogP contribution >= 0.6 is 0 Å². The van der Waals surface area contributed by atoms with E-state index in [1.54, 1.807) is 30.3 Å². The van der Waals surface area contributed by atoms with E-state index in [4.69, 9.17) is 0 Å². The fraction of sp³-hybridized carbons (Fsp3) is 0.0714. The van der Waals surface area contributed by atoms with Gasteiger partial charge in [0.15, 0.2) is 0 Å². The molecule has 0 amide bonds. The molecular weight excluding hydrogens is 232 g/mol. The summed E-state index contributed by atoms with van der Waals surface area (Å²) in [6.07, 6.45) is 0. The third kappa shape index (κ3) is 1.83. The van der Waals surface area contributed by atoms with Crippen molar-refractivity contribution in [1.29, 1.82) is 0 Å². The van der Waals surface area contributed by atoms with Gasteiger partial charge in [0.25, 0.3) is 0 Å². The van der Waals surface area contributed by atoms with Crippen molar-refractivity contribution in [3.8, 4) is 5.75 Å². The van der Waals surface area contributed by atoms with Crippen molar-refractivity contribution >= 4 is 5.97 Å². The van der Waals surface area contributed by atoms with Crippen molar-refractivity contribution in [3.63, 3.8) is 0 Å². The molecule has 2 aromatic rings. The summed E-state index contributed by atoms with van der Waals surface area (Å²) in [5.41, 5.74) is -2.12. The minimum Gasteiger partial charge on any atom is -0.508 e. The minimum atomic E-state index is -2.26. The van der Waals surface area contributed by atoms with Gasteiger partial charge in [0.2, 0.25) is 5.60 Å². The number of para-hydroxylation sites is 1. The second kappa shape index (κ2) is 4.50. The number of phenols is 1. The molecule has 0 aliphatic carbocycles. The van der Waals surface area contributed by atoms with E-state index < -0.39 is 11.6 Å². The Kier molecular flexibility index (Phi) is 3.04. The number of aliphatic carboxylic acids is 1. The van der Waals surface area contributed by atoms with Crippen LogP contribution in [0.2, 0.25) is 0 Å². The minimum absolute atomic E-state index is 0.0521. The summed E-state index contributed by atoms with van der Waals surface area (Å²) in [5, 5.41) is 29.5. The maximum atomic E-state index is 11.4. The standard InChI is InChI=1S/C14H12O4/c15-12-9-5-4-8-11(12)14(18,13(16)17)10-6-2-1-3-7-10/h1-9,15,18H,(H,16,17). The summed E-state index contributed by atoms with van der Waals surface area (Å²) in [4.78, 5) is 11.4. The summed E-state index contributed by atoms with van der Waals surface area (Å²) < 4.78 is 0. The molecule has 0 radical (unpaired) electrons. The molecule has 0 aromatic heterocycles. The van der Waals surface area contributed by atoms with Gasteiger partial charge in [0, 0.05) is 5.56 Å². The molecule has 1 atom stereocenters. The molecule has 18 heavy (non-hydrogen) atoms. The Hall–Kier alpha value is -2.33. The first-order valence-electron chi connectivity index (χ1n) is 5.36. The normalized spacial score (nSPS) is 13.8. The van der Waals surface area contributed by atoms with Crippen LogP contribution < -0.4 is 0 Å². The van der Waals surface area contributed by atoms with Crippen LogP contribution in [0, 0.1) is 0 Å². The number of benzene rings is 2. The molecular formula is C14H12O4. The van der Waals surface area contributed by atoms with Crippen LogP contribution in [0.15, 0.2) is 54.6 Å². The highest BCUT2D eigenvalue weighted by Gasteiger charge is 2.41. The Morgan fingerprint density at radius 2 is 1.50 bits per heavy atom. The van der Waals surface area contributed by atoms with Gasteiger partial charge >= 0.3 is 5.97 Å². The summed E-state index contributed by atoms with van der Waals surface area (Å²) in [6.45, 7) is 0. The zero-order valence-electron chi connectivity index (χ0n) is 9.45. The maximum Gasteiger partial charge on any atom is 0.345 e. The molecule has 4 heteroatoms. The van der Waals surface area contributed by atoms with E-state index in [2.05, 4.69) is 0 Å². The van der Waals surface area contributed by atoms with Gasteiger partial charge in [-0.3, -0.25) is 0 Å². The maximum absolute atomic E-state index is 11.4. The van der Waals surface area contributed by atoms with Gasteiger partial charge in [-0.2, -0.15) is 0 Å². The molecule has 3 N–H and O–H groups in total. The summed E-state index contributed by atoms with van der Waals surface area (Å²) in [7, 11) is 0. The first kappa shape index (κ1) is 12.1. The summed E-state index contributed by atoms with van der Waals surface area (Å²) >= 11 is 0. The van der Waals surface area contributed by atoms with Crippen LogP contribution in [-0.4, -0.2) is 21.3 Å². The Labute approximate surface area is 104 Å². The largest absolute Gasteiger partial charge is 0.508 e.